The van der Waals surface area contributed by atoms with E-state index in [2.05, 4.69) is 94.2 Å². The molecule has 0 spiro atoms. The number of rotatable bonds is 5. The lowest BCUT2D eigenvalue weighted by atomic mass is 9.78. The van der Waals surface area contributed by atoms with Gasteiger partial charge < -0.3 is 0 Å². The molecular weight excluding hydrogens is 376 g/mol. The van der Waals surface area contributed by atoms with E-state index in [0.29, 0.717) is 0 Å². The molecule has 0 saturated heterocycles. The minimum atomic E-state index is 0.0970. The predicted octanol–water partition coefficient (Wildman–Crippen LogP) is 5.57. The van der Waals surface area contributed by atoms with E-state index < -0.39 is 0 Å². The summed E-state index contributed by atoms with van der Waals surface area (Å²) in [7, 11) is 0. The van der Waals surface area contributed by atoms with E-state index in [-0.39, 0.29) is 5.41 Å². The molecule has 20 heavy (non-hydrogen) atoms. The van der Waals surface area contributed by atoms with E-state index >= 15 is 0 Å². The zero-order chi connectivity index (χ0) is 14.6. The Bertz CT molecular complexity index is 571. The molecule has 0 aromatic heterocycles. The molecule has 2 heteroatoms. The summed E-state index contributed by atoms with van der Waals surface area (Å²) in [6, 6.07) is 17.7. The molecule has 0 atom stereocenters. The average molecular weight is 396 g/mol. The molecule has 0 bridgehead atoms. The van der Waals surface area contributed by atoms with Crippen molar-refractivity contribution in [3.05, 3.63) is 70.8 Å². The second kappa shape index (κ2) is 6.91. The van der Waals surface area contributed by atoms with Crippen LogP contribution >= 0.6 is 31.9 Å². The normalized spacial score (nSPS) is 11.6. The van der Waals surface area contributed by atoms with Crippen molar-refractivity contribution < 1.29 is 0 Å². The number of hydrogen-bond donors (Lipinski definition) is 0. The van der Waals surface area contributed by atoms with E-state index in [1.165, 1.54) is 22.3 Å². The Kier molecular flexibility index (Phi) is 5.45. The van der Waals surface area contributed by atoms with Gasteiger partial charge in [-0.05, 0) is 31.4 Å². The van der Waals surface area contributed by atoms with Crippen LogP contribution in [0.5, 0.6) is 0 Å². The fourth-order valence-electron chi connectivity index (χ4n) is 2.57. The molecule has 0 N–H and O–H groups in total. The SMILES string of the molecule is Cc1cccc(CC(CBr)(CBr)c2cccc(C)c2)c1. The van der Waals surface area contributed by atoms with Crippen LogP contribution in [0.15, 0.2) is 48.5 Å². The highest BCUT2D eigenvalue weighted by Gasteiger charge is 2.30. The van der Waals surface area contributed by atoms with Crippen LogP contribution in [0.1, 0.15) is 22.3 Å². The Hall–Kier alpha value is -0.600. The summed E-state index contributed by atoms with van der Waals surface area (Å²) in [6.07, 6.45) is 1.04. The van der Waals surface area contributed by atoms with Gasteiger partial charge in [0, 0.05) is 16.1 Å². The van der Waals surface area contributed by atoms with Gasteiger partial charge in [0.2, 0.25) is 0 Å². The van der Waals surface area contributed by atoms with Gasteiger partial charge in [-0.3, -0.25) is 0 Å². The number of aryl methyl sites for hydroxylation is 2. The zero-order valence-electron chi connectivity index (χ0n) is 12.0. The summed E-state index contributed by atoms with van der Waals surface area (Å²) in [5, 5.41) is 1.89. The van der Waals surface area contributed by atoms with Gasteiger partial charge in [-0.25, -0.2) is 0 Å². The third-order valence-corrected chi connectivity index (χ3v) is 5.91. The summed E-state index contributed by atoms with van der Waals surface area (Å²) in [5.41, 5.74) is 5.53. The first-order valence-corrected chi connectivity index (χ1v) is 9.08. The Morgan fingerprint density at radius 3 is 2.00 bits per heavy atom. The van der Waals surface area contributed by atoms with Gasteiger partial charge >= 0.3 is 0 Å². The van der Waals surface area contributed by atoms with Crippen LogP contribution in [-0.4, -0.2) is 10.7 Å². The highest BCUT2D eigenvalue weighted by atomic mass is 79.9. The van der Waals surface area contributed by atoms with Crippen LogP contribution in [0.3, 0.4) is 0 Å². The van der Waals surface area contributed by atoms with Gasteiger partial charge in [0.1, 0.15) is 0 Å². The molecule has 0 radical (unpaired) electrons. The van der Waals surface area contributed by atoms with Crippen molar-refractivity contribution in [3.8, 4) is 0 Å². The molecule has 0 fully saturated rings. The summed E-state index contributed by atoms with van der Waals surface area (Å²) in [5.74, 6) is 0. The largest absolute Gasteiger partial charge is 0.0918 e. The Labute approximate surface area is 138 Å². The highest BCUT2D eigenvalue weighted by Crippen LogP contribution is 2.33. The lowest BCUT2D eigenvalue weighted by Crippen LogP contribution is -2.33. The van der Waals surface area contributed by atoms with Crippen molar-refractivity contribution >= 4 is 31.9 Å². The molecule has 0 heterocycles. The number of benzene rings is 2. The second-order valence-electron chi connectivity index (χ2n) is 5.58. The molecule has 2 rings (SSSR count). The van der Waals surface area contributed by atoms with Crippen LogP contribution in [-0.2, 0) is 11.8 Å². The Balaban J connectivity index is 2.39. The molecule has 0 nitrogen and oxygen atoms in total. The number of alkyl halides is 2. The first-order chi connectivity index (χ1) is 9.59. The first-order valence-electron chi connectivity index (χ1n) is 6.84. The fourth-order valence-corrected chi connectivity index (χ4v) is 4.55. The van der Waals surface area contributed by atoms with E-state index in [0.717, 1.165) is 17.1 Å². The van der Waals surface area contributed by atoms with Crippen molar-refractivity contribution in [1.29, 1.82) is 0 Å². The van der Waals surface area contributed by atoms with Crippen LogP contribution in [0, 0.1) is 13.8 Å². The minimum Gasteiger partial charge on any atom is -0.0918 e. The highest BCUT2D eigenvalue weighted by molar-refractivity contribution is 9.09. The molecule has 2 aromatic carbocycles. The molecule has 0 amide bonds. The quantitative estimate of drug-likeness (QED) is 0.580. The van der Waals surface area contributed by atoms with Crippen molar-refractivity contribution in [2.24, 2.45) is 0 Å². The summed E-state index contributed by atoms with van der Waals surface area (Å²) in [6.45, 7) is 4.31. The van der Waals surface area contributed by atoms with Gasteiger partial charge in [0.15, 0.2) is 0 Å². The minimum absolute atomic E-state index is 0.0970. The first kappa shape index (κ1) is 15.8. The third-order valence-electron chi connectivity index (χ3n) is 3.77. The maximum Gasteiger partial charge on any atom is 0.0187 e. The maximum absolute atomic E-state index is 3.74. The standard InChI is InChI=1S/C18H20Br2/c1-14-5-3-7-16(9-14)11-18(12-19,13-20)17-8-4-6-15(2)10-17/h3-10H,11-13H2,1-2H3. The number of halogens is 2. The maximum atomic E-state index is 3.74. The molecule has 0 unspecified atom stereocenters. The zero-order valence-corrected chi connectivity index (χ0v) is 15.2. The summed E-state index contributed by atoms with van der Waals surface area (Å²) < 4.78 is 0. The third kappa shape index (κ3) is 3.53. The average Bonchev–Trinajstić information content (AvgIpc) is 2.45. The van der Waals surface area contributed by atoms with Gasteiger partial charge in [-0.1, -0.05) is 91.5 Å². The summed E-state index contributed by atoms with van der Waals surface area (Å²) >= 11 is 7.48. The predicted molar refractivity (Wildman–Crippen MR) is 95.3 cm³/mol. The van der Waals surface area contributed by atoms with E-state index in [9.17, 15) is 0 Å². The smallest absolute Gasteiger partial charge is 0.0187 e. The molecule has 2 aromatic rings. The number of hydrogen-bond acceptors (Lipinski definition) is 0. The van der Waals surface area contributed by atoms with Crippen LogP contribution in [0.25, 0.3) is 0 Å². The van der Waals surface area contributed by atoms with Gasteiger partial charge in [0.05, 0.1) is 0 Å². The van der Waals surface area contributed by atoms with Crippen molar-refractivity contribution in [2.75, 3.05) is 10.7 Å². The van der Waals surface area contributed by atoms with E-state index in [1.54, 1.807) is 0 Å². The van der Waals surface area contributed by atoms with E-state index in [1.807, 2.05) is 0 Å². The van der Waals surface area contributed by atoms with Crippen LogP contribution < -0.4 is 0 Å². The second-order valence-corrected chi connectivity index (χ2v) is 6.70. The van der Waals surface area contributed by atoms with Gasteiger partial charge in [-0.2, -0.15) is 0 Å². The topological polar surface area (TPSA) is 0 Å². The molecule has 0 saturated carbocycles. The van der Waals surface area contributed by atoms with Gasteiger partial charge in [0.25, 0.3) is 0 Å². The lowest BCUT2D eigenvalue weighted by Gasteiger charge is -2.31. The Morgan fingerprint density at radius 1 is 0.850 bits per heavy atom. The lowest BCUT2D eigenvalue weighted by molar-refractivity contribution is 0.550. The molecule has 106 valence electrons. The van der Waals surface area contributed by atoms with E-state index in [4.69, 9.17) is 0 Å². The Morgan fingerprint density at radius 2 is 1.45 bits per heavy atom. The molecule has 0 aliphatic carbocycles. The summed E-state index contributed by atoms with van der Waals surface area (Å²) in [4.78, 5) is 0. The van der Waals surface area contributed by atoms with Crippen LogP contribution in [0.4, 0.5) is 0 Å². The van der Waals surface area contributed by atoms with Crippen LogP contribution in [0.2, 0.25) is 0 Å². The van der Waals surface area contributed by atoms with Crippen molar-refractivity contribution in [1.82, 2.24) is 0 Å². The van der Waals surface area contributed by atoms with Crippen molar-refractivity contribution in [2.45, 2.75) is 25.7 Å². The van der Waals surface area contributed by atoms with Crippen molar-refractivity contribution in [3.63, 3.8) is 0 Å². The monoisotopic (exact) mass is 394 g/mol. The molecule has 0 aliphatic heterocycles. The fraction of sp³-hybridized carbons (Fsp3) is 0.333. The van der Waals surface area contributed by atoms with Gasteiger partial charge in [-0.15, -0.1) is 0 Å². The molecule has 0 aliphatic rings. The molecular formula is C18H20Br2.